The Balaban J connectivity index is 1.85. The van der Waals surface area contributed by atoms with Gasteiger partial charge in [-0.2, -0.15) is 0 Å². The second-order valence-corrected chi connectivity index (χ2v) is 8.00. The van der Waals surface area contributed by atoms with Crippen LogP contribution in [0.4, 0.5) is 9.18 Å². The van der Waals surface area contributed by atoms with Gasteiger partial charge in [-0.15, -0.1) is 0 Å². The molecular weight excluding hydrogens is 319 g/mol. The number of alkyl carbamates (subject to hydrolysis) is 1. The summed E-state index contributed by atoms with van der Waals surface area (Å²) in [7, 11) is 0. The third kappa shape index (κ3) is 6.65. The number of halogens is 1. The highest BCUT2D eigenvalue weighted by Gasteiger charge is 2.26. The molecular formula is C20H31FN2O2. The quantitative estimate of drug-likeness (QED) is 0.832. The molecule has 1 aromatic rings. The highest BCUT2D eigenvalue weighted by molar-refractivity contribution is 5.67. The maximum atomic E-state index is 13.4. The van der Waals surface area contributed by atoms with Crippen molar-refractivity contribution in [2.24, 2.45) is 5.92 Å². The summed E-state index contributed by atoms with van der Waals surface area (Å²) in [5.74, 6) is 0.226. The van der Waals surface area contributed by atoms with Crippen LogP contribution in [-0.4, -0.2) is 24.3 Å². The third-order valence-electron chi connectivity index (χ3n) is 4.61. The predicted octanol–water partition coefficient (Wildman–Crippen LogP) is 4.31. The number of hydrogen-bond donors (Lipinski definition) is 2. The maximum absolute atomic E-state index is 13.4. The predicted molar refractivity (Wildman–Crippen MR) is 98.0 cm³/mol. The molecule has 1 aliphatic carbocycles. The zero-order chi connectivity index (χ0) is 18.4. The molecule has 1 aliphatic rings. The number of hydrogen-bond acceptors (Lipinski definition) is 3. The molecule has 0 aliphatic heterocycles. The second-order valence-electron chi connectivity index (χ2n) is 8.00. The fraction of sp³-hybridized carbons (Fsp3) is 0.650. The van der Waals surface area contributed by atoms with Gasteiger partial charge in [-0.05, 0) is 63.6 Å². The summed E-state index contributed by atoms with van der Waals surface area (Å²) in [4.78, 5) is 11.9. The van der Waals surface area contributed by atoms with Crippen molar-refractivity contribution >= 4 is 6.09 Å². The first-order valence-electron chi connectivity index (χ1n) is 9.20. The van der Waals surface area contributed by atoms with Gasteiger partial charge in [0.2, 0.25) is 0 Å². The third-order valence-corrected chi connectivity index (χ3v) is 4.61. The first kappa shape index (κ1) is 19.7. The molecule has 0 heterocycles. The van der Waals surface area contributed by atoms with Crippen LogP contribution in [0.1, 0.15) is 57.6 Å². The molecule has 0 radical (unpaired) electrons. The fourth-order valence-electron chi connectivity index (χ4n) is 3.32. The van der Waals surface area contributed by atoms with Crippen LogP contribution < -0.4 is 10.6 Å². The Hall–Kier alpha value is -1.62. The summed E-state index contributed by atoms with van der Waals surface area (Å²) < 4.78 is 18.7. The molecule has 0 aromatic heterocycles. The van der Waals surface area contributed by atoms with Crippen molar-refractivity contribution in [3.63, 3.8) is 0 Å². The van der Waals surface area contributed by atoms with Crippen LogP contribution in [0, 0.1) is 18.7 Å². The lowest BCUT2D eigenvalue weighted by atomic mass is 9.84. The lowest BCUT2D eigenvalue weighted by molar-refractivity contribution is 0.0510. The Morgan fingerprint density at radius 3 is 2.68 bits per heavy atom. The summed E-state index contributed by atoms with van der Waals surface area (Å²) in [6, 6.07) is 5.59. The molecule has 2 rings (SSSR count). The Morgan fingerprint density at radius 2 is 2.00 bits per heavy atom. The van der Waals surface area contributed by atoms with Crippen LogP contribution in [-0.2, 0) is 11.3 Å². The summed E-state index contributed by atoms with van der Waals surface area (Å²) in [5.41, 5.74) is 1.28. The van der Waals surface area contributed by atoms with Crippen molar-refractivity contribution in [1.29, 1.82) is 0 Å². The minimum absolute atomic E-state index is 0.166. The van der Waals surface area contributed by atoms with Crippen LogP contribution in [0.25, 0.3) is 0 Å². The van der Waals surface area contributed by atoms with Gasteiger partial charge in [0.05, 0.1) is 0 Å². The highest BCUT2D eigenvalue weighted by Crippen LogP contribution is 2.24. The molecule has 0 saturated heterocycles. The second kappa shape index (κ2) is 8.65. The van der Waals surface area contributed by atoms with E-state index in [2.05, 4.69) is 10.6 Å². The SMILES string of the molecule is Cc1cc(CNC2CCCCC2CNC(=O)OC(C)(C)C)ccc1F. The molecule has 0 bridgehead atoms. The van der Waals surface area contributed by atoms with Gasteiger partial charge in [-0.25, -0.2) is 9.18 Å². The molecule has 1 amide bonds. The van der Waals surface area contributed by atoms with Gasteiger partial charge >= 0.3 is 6.09 Å². The van der Waals surface area contributed by atoms with Crippen molar-refractivity contribution in [2.75, 3.05) is 6.54 Å². The average molecular weight is 350 g/mol. The Labute approximate surface area is 150 Å². The van der Waals surface area contributed by atoms with Gasteiger partial charge in [0, 0.05) is 19.1 Å². The number of rotatable bonds is 5. The molecule has 25 heavy (non-hydrogen) atoms. The van der Waals surface area contributed by atoms with E-state index in [-0.39, 0.29) is 11.9 Å². The summed E-state index contributed by atoms with van der Waals surface area (Å²) in [6.07, 6.45) is 4.22. The minimum atomic E-state index is -0.477. The number of benzene rings is 1. The zero-order valence-electron chi connectivity index (χ0n) is 15.8. The molecule has 1 aromatic carbocycles. The molecule has 140 valence electrons. The number of amides is 1. The van der Waals surface area contributed by atoms with Gasteiger partial charge in [0.15, 0.2) is 0 Å². The summed E-state index contributed by atoms with van der Waals surface area (Å²) in [6.45, 7) is 8.71. The van der Waals surface area contributed by atoms with Crippen LogP contribution in [0.2, 0.25) is 0 Å². The largest absolute Gasteiger partial charge is 0.444 e. The molecule has 1 fully saturated rings. The van der Waals surface area contributed by atoms with E-state index < -0.39 is 5.60 Å². The zero-order valence-corrected chi connectivity index (χ0v) is 15.8. The number of carbonyl (C=O) groups is 1. The number of aryl methyl sites for hydroxylation is 1. The monoisotopic (exact) mass is 350 g/mol. The van der Waals surface area contributed by atoms with Crippen LogP contribution in [0.5, 0.6) is 0 Å². The molecule has 0 spiro atoms. The van der Waals surface area contributed by atoms with E-state index in [1.54, 1.807) is 6.92 Å². The van der Waals surface area contributed by atoms with E-state index in [9.17, 15) is 9.18 Å². The molecule has 2 N–H and O–H groups in total. The van der Waals surface area contributed by atoms with Gasteiger partial charge in [0.1, 0.15) is 11.4 Å². The Bertz CT molecular complexity index is 584. The minimum Gasteiger partial charge on any atom is -0.444 e. The normalized spacial score (nSPS) is 21.0. The molecule has 5 heteroatoms. The van der Waals surface area contributed by atoms with E-state index >= 15 is 0 Å². The van der Waals surface area contributed by atoms with E-state index in [4.69, 9.17) is 4.74 Å². The summed E-state index contributed by atoms with van der Waals surface area (Å²) >= 11 is 0. The van der Waals surface area contributed by atoms with E-state index in [0.29, 0.717) is 30.6 Å². The molecule has 2 unspecified atom stereocenters. The topological polar surface area (TPSA) is 50.4 Å². The van der Waals surface area contributed by atoms with Crippen molar-refractivity contribution in [3.8, 4) is 0 Å². The van der Waals surface area contributed by atoms with Gasteiger partial charge in [-0.1, -0.05) is 25.0 Å². The van der Waals surface area contributed by atoms with E-state index in [1.807, 2.05) is 32.9 Å². The Kier molecular flexibility index (Phi) is 6.82. The lowest BCUT2D eigenvalue weighted by Crippen LogP contribution is -2.44. The average Bonchev–Trinajstić information content (AvgIpc) is 2.53. The van der Waals surface area contributed by atoms with Crippen LogP contribution in [0.3, 0.4) is 0 Å². The van der Waals surface area contributed by atoms with E-state index in [0.717, 1.165) is 18.4 Å². The van der Waals surface area contributed by atoms with Gasteiger partial charge in [-0.3, -0.25) is 0 Å². The van der Waals surface area contributed by atoms with Gasteiger partial charge in [0.25, 0.3) is 0 Å². The van der Waals surface area contributed by atoms with Crippen LogP contribution in [0.15, 0.2) is 18.2 Å². The van der Waals surface area contributed by atoms with Crippen molar-refractivity contribution < 1.29 is 13.9 Å². The van der Waals surface area contributed by atoms with Crippen molar-refractivity contribution in [2.45, 2.75) is 71.6 Å². The van der Waals surface area contributed by atoms with Crippen LogP contribution >= 0.6 is 0 Å². The number of nitrogens with one attached hydrogen (secondary N) is 2. The first-order valence-corrected chi connectivity index (χ1v) is 9.20. The molecule has 4 nitrogen and oxygen atoms in total. The molecule has 1 saturated carbocycles. The van der Waals surface area contributed by atoms with Crippen molar-refractivity contribution in [1.82, 2.24) is 10.6 Å². The fourth-order valence-corrected chi connectivity index (χ4v) is 3.32. The lowest BCUT2D eigenvalue weighted by Gasteiger charge is -2.33. The number of ether oxygens (including phenoxy) is 1. The first-order chi connectivity index (χ1) is 11.7. The highest BCUT2D eigenvalue weighted by atomic mass is 19.1. The molecule has 2 atom stereocenters. The number of carbonyl (C=O) groups excluding carboxylic acids is 1. The van der Waals surface area contributed by atoms with E-state index in [1.165, 1.54) is 18.9 Å². The smallest absolute Gasteiger partial charge is 0.407 e. The maximum Gasteiger partial charge on any atom is 0.407 e. The Morgan fingerprint density at radius 1 is 1.28 bits per heavy atom. The summed E-state index contributed by atoms with van der Waals surface area (Å²) in [5, 5.41) is 6.49. The standard InChI is InChI=1S/C20H31FN2O2/c1-14-11-15(9-10-17(14)21)12-22-18-8-6-5-7-16(18)13-23-19(24)25-20(2,3)4/h9-11,16,18,22H,5-8,12-13H2,1-4H3,(H,23,24). The van der Waals surface area contributed by atoms with Crippen molar-refractivity contribution in [3.05, 3.63) is 35.1 Å². The van der Waals surface area contributed by atoms with Gasteiger partial charge < -0.3 is 15.4 Å².